The molecule has 0 aliphatic rings. The molecule has 0 atom stereocenters. The third-order valence-electron chi connectivity index (χ3n) is 1.49. The molecule has 0 amide bonds. The largest absolute Gasteiger partial charge is 0.341 e. The molecule has 0 radical (unpaired) electrons. The first kappa shape index (κ1) is 11.8. The summed E-state index contributed by atoms with van der Waals surface area (Å²) in [5, 5.41) is 0. The quantitative estimate of drug-likeness (QED) is 0.667. The van der Waals surface area contributed by atoms with Crippen LogP contribution in [0.15, 0.2) is 34.1 Å². The molecule has 0 heterocycles. The van der Waals surface area contributed by atoms with Gasteiger partial charge in [-0.25, -0.2) is 8.42 Å². The minimum atomic E-state index is -4.47. The summed E-state index contributed by atoms with van der Waals surface area (Å²) in [6.07, 6.45) is 0. The van der Waals surface area contributed by atoms with E-state index in [1.54, 1.807) is 0 Å². The molecule has 0 unspecified atom stereocenters. The second kappa shape index (κ2) is 4.50. The van der Waals surface area contributed by atoms with Gasteiger partial charge in [-0.2, -0.15) is 8.78 Å². The SMILES string of the molecule is O=S(=O)(c1ccc(SS)cc1)C(F)F. The number of halogens is 2. The van der Waals surface area contributed by atoms with E-state index in [2.05, 4.69) is 11.7 Å². The zero-order valence-electron chi connectivity index (χ0n) is 6.72. The van der Waals surface area contributed by atoms with E-state index in [9.17, 15) is 17.2 Å². The van der Waals surface area contributed by atoms with Crippen LogP contribution in [0, 0.1) is 0 Å². The monoisotopic (exact) mass is 256 g/mol. The smallest absolute Gasteiger partial charge is 0.218 e. The first-order valence-electron chi connectivity index (χ1n) is 3.42. The molecule has 0 bridgehead atoms. The van der Waals surface area contributed by atoms with Crippen molar-refractivity contribution in [1.82, 2.24) is 0 Å². The van der Waals surface area contributed by atoms with Gasteiger partial charge in [-0.1, -0.05) is 10.8 Å². The molecule has 1 rings (SSSR count). The van der Waals surface area contributed by atoms with Crippen molar-refractivity contribution < 1.29 is 17.2 Å². The van der Waals surface area contributed by atoms with Gasteiger partial charge in [0.25, 0.3) is 0 Å². The number of benzene rings is 1. The molecule has 7 heteroatoms. The molecule has 0 aliphatic carbocycles. The van der Waals surface area contributed by atoms with Crippen LogP contribution in [0.5, 0.6) is 0 Å². The number of sulfone groups is 1. The van der Waals surface area contributed by atoms with Gasteiger partial charge >= 0.3 is 5.76 Å². The lowest BCUT2D eigenvalue weighted by Gasteiger charge is -2.02. The summed E-state index contributed by atoms with van der Waals surface area (Å²) in [4.78, 5) is 0.320. The summed E-state index contributed by atoms with van der Waals surface area (Å²) in [5.74, 6) is -3.38. The molecule has 0 fully saturated rings. The van der Waals surface area contributed by atoms with Gasteiger partial charge in [-0.05, 0) is 24.3 Å². The van der Waals surface area contributed by atoms with Crippen molar-refractivity contribution in [1.29, 1.82) is 0 Å². The molecule has 1 aromatic rings. The van der Waals surface area contributed by atoms with E-state index in [0.717, 1.165) is 22.9 Å². The van der Waals surface area contributed by atoms with Crippen LogP contribution in [0.25, 0.3) is 0 Å². The van der Waals surface area contributed by atoms with Crippen LogP contribution in [0.2, 0.25) is 0 Å². The molecular formula is C7H6F2O2S3. The standard InChI is InChI=1S/C7H6F2O2S3/c8-7(9)14(10,11)6-3-1-5(13-12)2-4-6/h1-4,7,12H. The van der Waals surface area contributed by atoms with Crippen LogP contribution < -0.4 is 0 Å². The Morgan fingerprint density at radius 3 is 2.07 bits per heavy atom. The lowest BCUT2D eigenvalue weighted by atomic mass is 10.4. The average molecular weight is 256 g/mol. The van der Waals surface area contributed by atoms with Gasteiger partial charge in [-0.3, -0.25) is 0 Å². The van der Waals surface area contributed by atoms with Crippen LogP contribution in [-0.4, -0.2) is 14.2 Å². The number of thiol groups is 1. The molecule has 78 valence electrons. The lowest BCUT2D eigenvalue weighted by Crippen LogP contribution is -2.10. The molecule has 0 N–H and O–H groups in total. The number of rotatable bonds is 3. The summed E-state index contributed by atoms with van der Waals surface area (Å²) >= 11 is 3.88. The highest BCUT2D eigenvalue weighted by Crippen LogP contribution is 2.24. The summed E-state index contributed by atoms with van der Waals surface area (Å²) < 4.78 is 46.1. The zero-order chi connectivity index (χ0) is 10.8. The van der Waals surface area contributed by atoms with Gasteiger partial charge in [0.05, 0.1) is 4.90 Å². The molecule has 0 saturated heterocycles. The maximum atomic E-state index is 12.1. The van der Waals surface area contributed by atoms with Crippen molar-refractivity contribution in [3.8, 4) is 0 Å². The molecule has 1 aromatic carbocycles. The Bertz CT molecular complexity index is 399. The van der Waals surface area contributed by atoms with Crippen molar-refractivity contribution >= 4 is 32.3 Å². The molecule has 14 heavy (non-hydrogen) atoms. The highest BCUT2D eigenvalue weighted by Gasteiger charge is 2.26. The van der Waals surface area contributed by atoms with Crippen molar-refractivity contribution in [3.63, 3.8) is 0 Å². The first-order chi connectivity index (χ1) is 6.48. The highest BCUT2D eigenvalue weighted by atomic mass is 33.1. The maximum absolute atomic E-state index is 12.1. The Morgan fingerprint density at radius 1 is 1.21 bits per heavy atom. The van der Waals surface area contributed by atoms with Crippen LogP contribution in [0.4, 0.5) is 8.78 Å². The Hall–Kier alpha value is -0.270. The minimum absolute atomic E-state index is 0.376. The number of hydrogen-bond donors (Lipinski definition) is 1. The van der Waals surface area contributed by atoms with Crippen molar-refractivity contribution in [2.75, 3.05) is 0 Å². The number of hydrogen-bond acceptors (Lipinski definition) is 4. The molecule has 2 nitrogen and oxygen atoms in total. The van der Waals surface area contributed by atoms with Gasteiger partial charge in [0.2, 0.25) is 9.84 Å². The van der Waals surface area contributed by atoms with Gasteiger partial charge in [0.15, 0.2) is 0 Å². The zero-order valence-corrected chi connectivity index (χ0v) is 9.25. The Balaban J connectivity index is 3.10. The third-order valence-corrected chi connectivity index (χ3v) is 4.01. The van der Waals surface area contributed by atoms with E-state index in [1.807, 2.05) is 0 Å². The average Bonchev–Trinajstić information content (AvgIpc) is 2.17. The highest BCUT2D eigenvalue weighted by molar-refractivity contribution is 8.68. The fraction of sp³-hybridized carbons (Fsp3) is 0.143. The third kappa shape index (κ3) is 2.40. The van der Waals surface area contributed by atoms with E-state index < -0.39 is 15.6 Å². The van der Waals surface area contributed by atoms with Gasteiger partial charge < -0.3 is 0 Å². The molecule has 0 spiro atoms. The van der Waals surface area contributed by atoms with Gasteiger partial charge in [0, 0.05) is 4.90 Å². The van der Waals surface area contributed by atoms with E-state index in [0.29, 0.717) is 4.90 Å². The fourth-order valence-corrected chi connectivity index (χ4v) is 2.14. The van der Waals surface area contributed by atoms with E-state index >= 15 is 0 Å². The Morgan fingerprint density at radius 2 is 1.71 bits per heavy atom. The van der Waals surface area contributed by atoms with Crippen LogP contribution in [0.3, 0.4) is 0 Å². The second-order valence-electron chi connectivity index (χ2n) is 2.37. The van der Waals surface area contributed by atoms with Gasteiger partial charge in [0.1, 0.15) is 0 Å². The van der Waals surface area contributed by atoms with Gasteiger partial charge in [-0.15, -0.1) is 11.7 Å². The van der Waals surface area contributed by atoms with Crippen LogP contribution >= 0.6 is 22.5 Å². The molecule has 0 aliphatic heterocycles. The predicted molar refractivity (Wildman–Crippen MR) is 54.5 cm³/mol. The van der Waals surface area contributed by atoms with Crippen LogP contribution in [-0.2, 0) is 9.84 Å². The van der Waals surface area contributed by atoms with Crippen molar-refractivity contribution in [3.05, 3.63) is 24.3 Å². The summed E-state index contributed by atoms with van der Waals surface area (Å²) in [7, 11) is -3.36. The van der Waals surface area contributed by atoms with Crippen LogP contribution in [0.1, 0.15) is 0 Å². The Labute approximate surface area is 89.4 Å². The molecular weight excluding hydrogens is 250 g/mol. The fourth-order valence-electron chi connectivity index (χ4n) is 0.793. The maximum Gasteiger partial charge on any atom is 0.341 e. The van der Waals surface area contributed by atoms with Crippen molar-refractivity contribution in [2.45, 2.75) is 15.5 Å². The summed E-state index contributed by atoms with van der Waals surface area (Å²) in [6, 6.07) is 5.12. The first-order valence-corrected chi connectivity index (χ1v) is 6.83. The number of alkyl halides is 2. The second-order valence-corrected chi connectivity index (χ2v) is 5.49. The molecule has 0 aromatic heterocycles. The normalized spacial score (nSPS) is 12.0. The van der Waals surface area contributed by atoms with E-state index in [1.165, 1.54) is 12.1 Å². The lowest BCUT2D eigenvalue weighted by molar-refractivity contribution is 0.234. The van der Waals surface area contributed by atoms with E-state index in [-0.39, 0.29) is 4.90 Å². The minimum Gasteiger partial charge on any atom is -0.218 e. The Kier molecular flexibility index (Phi) is 3.79. The summed E-state index contributed by atoms with van der Waals surface area (Å²) in [5.41, 5.74) is 0. The summed E-state index contributed by atoms with van der Waals surface area (Å²) in [6.45, 7) is 0. The topological polar surface area (TPSA) is 34.1 Å². The van der Waals surface area contributed by atoms with Crippen molar-refractivity contribution in [2.24, 2.45) is 0 Å². The molecule has 0 saturated carbocycles. The predicted octanol–water partition coefficient (Wildman–Crippen LogP) is 2.62. The van der Waals surface area contributed by atoms with E-state index in [4.69, 9.17) is 0 Å².